The maximum absolute atomic E-state index is 10.9. The van der Waals surface area contributed by atoms with E-state index in [0.717, 1.165) is 23.0 Å². The van der Waals surface area contributed by atoms with Crippen molar-refractivity contribution in [2.75, 3.05) is 5.75 Å². The normalized spacial score (nSPS) is 12.1. The van der Waals surface area contributed by atoms with Gasteiger partial charge in [0, 0.05) is 19.1 Å². The molecule has 6 nitrogen and oxygen atoms in total. The summed E-state index contributed by atoms with van der Waals surface area (Å²) < 4.78 is 4.90. The number of nitrogens with one attached hydrogen (secondary N) is 1. The van der Waals surface area contributed by atoms with Gasteiger partial charge in [-0.3, -0.25) is 4.79 Å². The van der Waals surface area contributed by atoms with Gasteiger partial charge in [0.25, 0.3) is 0 Å². The Morgan fingerprint density at radius 2 is 2.28 bits per heavy atom. The summed E-state index contributed by atoms with van der Waals surface area (Å²) in [6.45, 7) is 3.34. The molecule has 0 fully saturated rings. The number of carbonyl (C=O) groups excluding carboxylic acids is 1. The van der Waals surface area contributed by atoms with Gasteiger partial charge in [0.1, 0.15) is 11.9 Å². The number of aryl methyl sites for hydroxylation is 1. The van der Waals surface area contributed by atoms with Crippen LogP contribution in [-0.2, 0) is 16.0 Å². The number of carbonyl (C=O) groups is 2. The molecular formula is C10H15N3O3S2. The quantitative estimate of drug-likeness (QED) is 0.732. The molecule has 100 valence electrons. The van der Waals surface area contributed by atoms with Crippen molar-refractivity contribution in [3.8, 4) is 0 Å². The molecule has 1 unspecified atom stereocenters. The Morgan fingerprint density at radius 3 is 2.83 bits per heavy atom. The lowest BCUT2D eigenvalue weighted by atomic mass is 10.3. The van der Waals surface area contributed by atoms with Crippen LogP contribution in [0.1, 0.15) is 26.1 Å². The largest absolute Gasteiger partial charge is 0.480 e. The minimum atomic E-state index is -1.05. The lowest BCUT2D eigenvalue weighted by Gasteiger charge is -2.11. The lowest BCUT2D eigenvalue weighted by Crippen LogP contribution is -2.41. The van der Waals surface area contributed by atoms with Crippen LogP contribution in [0.3, 0.4) is 0 Å². The molecular weight excluding hydrogens is 274 g/mol. The fourth-order valence-electron chi connectivity index (χ4n) is 1.20. The molecule has 0 aliphatic carbocycles. The molecule has 1 atom stereocenters. The first-order valence-corrected chi connectivity index (χ1v) is 7.24. The number of carboxylic acids is 1. The zero-order valence-electron chi connectivity index (χ0n) is 10.2. The molecule has 0 aliphatic rings. The molecule has 0 aliphatic heterocycles. The highest BCUT2D eigenvalue weighted by Gasteiger charge is 2.19. The third kappa shape index (κ3) is 5.01. The minimum Gasteiger partial charge on any atom is -0.480 e. The van der Waals surface area contributed by atoms with Crippen LogP contribution in [-0.4, -0.2) is 38.1 Å². The van der Waals surface area contributed by atoms with E-state index < -0.39 is 12.0 Å². The standard InChI is InChI=1S/C10H15N3O3S2/c1-3-4-8-12-10(18-13-8)17-5-7(9(15)16)11-6(2)14/h7H,3-5H2,1-2H3,(H,11,14)(H,15,16). The third-order valence-electron chi connectivity index (χ3n) is 1.97. The van der Waals surface area contributed by atoms with E-state index in [1.165, 1.54) is 30.2 Å². The summed E-state index contributed by atoms with van der Waals surface area (Å²) in [5.74, 6) is -0.366. The van der Waals surface area contributed by atoms with Gasteiger partial charge in [-0.2, -0.15) is 4.37 Å². The first-order valence-electron chi connectivity index (χ1n) is 5.48. The van der Waals surface area contributed by atoms with E-state index in [0.29, 0.717) is 0 Å². The van der Waals surface area contributed by atoms with E-state index in [4.69, 9.17) is 5.11 Å². The van der Waals surface area contributed by atoms with Crippen LogP contribution >= 0.6 is 23.3 Å². The van der Waals surface area contributed by atoms with Crippen molar-refractivity contribution in [3.05, 3.63) is 5.82 Å². The zero-order valence-corrected chi connectivity index (χ0v) is 11.8. The molecule has 0 spiro atoms. The van der Waals surface area contributed by atoms with E-state index in [1.54, 1.807) is 0 Å². The second-order valence-electron chi connectivity index (χ2n) is 3.63. The van der Waals surface area contributed by atoms with Crippen molar-refractivity contribution in [2.45, 2.75) is 37.1 Å². The second-order valence-corrected chi connectivity index (χ2v) is 5.65. The Morgan fingerprint density at radius 1 is 1.56 bits per heavy atom. The summed E-state index contributed by atoms with van der Waals surface area (Å²) in [5.41, 5.74) is 0. The number of hydrogen-bond donors (Lipinski definition) is 2. The van der Waals surface area contributed by atoms with Gasteiger partial charge in [-0.1, -0.05) is 18.7 Å². The number of amides is 1. The molecule has 0 saturated heterocycles. The molecule has 0 radical (unpaired) electrons. The second kappa shape index (κ2) is 7.32. The van der Waals surface area contributed by atoms with Crippen molar-refractivity contribution < 1.29 is 14.7 Å². The molecule has 1 aromatic heterocycles. The molecule has 0 aromatic carbocycles. The number of carboxylic acid groups (broad SMARTS) is 1. The van der Waals surface area contributed by atoms with Crippen molar-refractivity contribution >= 4 is 35.2 Å². The number of rotatable bonds is 7. The van der Waals surface area contributed by atoms with Gasteiger partial charge in [0.2, 0.25) is 5.91 Å². The highest BCUT2D eigenvalue weighted by Crippen LogP contribution is 2.21. The summed E-state index contributed by atoms with van der Waals surface area (Å²) in [4.78, 5) is 26.0. The Hall–Kier alpha value is -1.15. The van der Waals surface area contributed by atoms with E-state index in [2.05, 4.69) is 14.7 Å². The van der Waals surface area contributed by atoms with Crippen LogP contribution in [0.15, 0.2) is 4.34 Å². The average molecular weight is 289 g/mol. The molecule has 8 heteroatoms. The highest BCUT2D eigenvalue weighted by atomic mass is 32.2. The first-order chi connectivity index (χ1) is 8.52. The van der Waals surface area contributed by atoms with Crippen molar-refractivity contribution in [2.24, 2.45) is 0 Å². The molecule has 0 saturated carbocycles. The lowest BCUT2D eigenvalue weighted by molar-refractivity contribution is -0.140. The topological polar surface area (TPSA) is 92.2 Å². The molecule has 2 N–H and O–H groups in total. The summed E-state index contributed by atoms with van der Waals surface area (Å²) in [7, 11) is 0. The summed E-state index contributed by atoms with van der Waals surface area (Å²) in [5, 5.41) is 11.3. The van der Waals surface area contributed by atoms with Crippen LogP contribution < -0.4 is 5.32 Å². The van der Waals surface area contributed by atoms with Gasteiger partial charge in [-0.05, 0) is 18.0 Å². The number of thioether (sulfide) groups is 1. The van der Waals surface area contributed by atoms with Crippen LogP contribution in [0.2, 0.25) is 0 Å². The summed E-state index contributed by atoms with van der Waals surface area (Å²) in [6, 6.07) is -0.897. The number of hydrogen-bond acceptors (Lipinski definition) is 6. The zero-order chi connectivity index (χ0) is 13.5. The third-order valence-corrected chi connectivity index (χ3v) is 3.94. The molecule has 0 bridgehead atoms. The van der Waals surface area contributed by atoms with Crippen LogP contribution in [0.5, 0.6) is 0 Å². The van der Waals surface area contributed by atoms with Crippen LogP contribution in [0, 0.1) is 0 Å². The SMILES string of the molecule is CCCc1nsc(SCC(NC(C)=O)C(=O)O)n1. The molecule has 18 heavy (non-hydrogen) atoms. The van der Waals surface area contributed by atoms with E-state index in [-0.39, 0.29) is 11.7 Å². The van der Waals surface area contributed by atoms with Crippen molar-refractivity contribution in [1.29, 1.82) is 0 Å². The average Bonchev–Trinajstić information content (AvgIpc) is 2.72. The van der Waals surface area contributed by atoms with E-state index in [1.807, 2.05) is 6.92 Å². The number of aromatic nitrogens is 2. The fraction of sp³-hybridized carbons (Fsp3) is 0.600. The molecule has 1 amide bonds. The monoisotopic (exact) mass is 289 g/mol. The van der Waals surface area contributed by atoms with Gasteiger partial charge in [-0.15, -0.1) is 0 Å². The fourth-order valence-corrected chi connectivity index (χ4v) is 2.89. The van der Waals surface area contributed by atoms with Gasteiger partial charge >= 0.3 is 5.97 Å². The Bertz CT molecular complexity index is 422. The highest BCUT2D eigenvalue weighted by molar-refractivity contribution is 8.01. The molecule has 1 aromatic rings. The minimum absolute atomic E-state index is 0.246. The Kier molecular flexibility index (Phi) is 6.06. The van der Waals surface area contributed by atoms with Gasteiger partial charge in [0.05, 0.1) is 0 Å². The maximum Gasteiger partial charge on any atom is 0.327 e. The summed E-state index contributed by atoms with van der Waals surface area (Å²) in [6.07, 6.45) is 1.80. The predicted molar refractivity (Wildman–Crippen MR) is 69.9 cm³/mol. The van der Waals surface area contributed by atoms with Crippen LogP contribution in [0.25, 0.3) is 0 Å². The Balaban J connectivity index is 2.50. The molecule has 1 heterocycles. The summed E-state index contributed by atoms with van der Waals surface area (Å²) >= 11 is 2.55. The van der Waals surface area contributed by atoms with Crippen molar-refractivity contribution in [1.82, 2.24) is 14.7 Å². The first kappa shape index (κ1) is 14.9. The van der Waals surface area contributed by atoms with Gasteiger partial charge < -0.3 is 10.4 Å². The maximum atomic E-state index is 10.9. The van der Waals surface area contributed by atoms with Gasteiger partial charge in [-0.25, -0.2) is 9.78 Å². The number of aliphatic carboxylic acids is 1. The number of nitrogens with zero attached hydrogens (tertiary/aromatic N) is 2. The van der Waals surface area contributed by atoms with E-state index >= 15 is 0 Å². The smallest absolute Gasteiger partial charge is 0.327 e. The van der Waals surface area contributed by atoms with Gasteiger partial charge in [0.15, 0.2) is 4.34 Å². The van der Waals surface area contributed by atoms with Crippen LogP contribution in [0.4, 0.5) is 0 Å². The molecule has 1 rings (SSSR count). The van der Waals surface area contributed by atoms with E-state index in [9.17, 15) is 9.59 Å². The Labute approximate surface area is 113 Å². The predicted octanol–water partition coefficient (Wildman–Crippen LogP) is 1.17. The van der Waals surface area contributed by atoms with Crippen molar-refractivity contribution in [3.63, 3.8) is 0 Å².